The predicted octanol–water partition coefficient (Wildman–Crippen LogP) is 0.835. The van der Waals surface area contributed by atoms with E-state index in [4.69, 9.17) is 0 Å². The molecule has 0 spiro atoms. The zero-order valence-corrected chi connectivity index (χ0v) is 10.3. The van der Waals surface area contributed by atoms with E-state index in [0.717, 1.165) is 4.70 Å². The van der Waals surface area contributed by atoms with Gasteiger partial charge >= 0.3 is 6.03 Å². The molecule has 88 valence electrons. The number of halogens is 1. The Morgan fingerprint density at radius 3 is 3.06 bits per heavy atom. The number of nitrogens with one attached hydrogen (secondary N) is 2. The fraction of sp³-hybridized carbons (Fsp3) is 0.200. The summed E-state index contributed by atoms with van der Waals surface area (Å²) in [6, 6.07) is 2.80. The standard InChI is InChI=1S/C10H11BFN3OS/c1-2-13-9(16)15-10-14-7-3-5(11)6(12)4-8(7)17-10/h3-4H,2,11H2,1H3,(H2,13,14,15,16). The highest BCUT2D eigenvalue weighted by molar-refractivity contribution is 7.22. The lowest BCUT2D eigenvalue weighted by Gasteiger charge is -2.00. The average Bonchev–Trinajstić information content (AvgIpc) is 2.60. The number of urea groups is 1. The fourth-order valence-electron chi connectivity index (χ4n) is 1.41. The monoisotopic (exact) mass is 251 g/mol. The molecule has 0 saturated carbocycles. The van der Waals surface area contributed by atoms with Gasteiger partial charge in [0.1, 0.15) is 13.7 Å². The van der Waals surface area contributed by atoms with Crippen LogP contribution in [0.1, 0.15) is 6.92 Å². The van der Waals surface area contributed by atoms with E-state index >= 15 is 0 Å². The van der Waals surface area contributed by atoms with Crippen LogP contribution in [0, 0.1) is 5.82 Å². The smallest absolute Gasteiger partial charge is 0.321 e. The van der Waals surface area contributed by atoms with E-state index in [2.05, 4.69) is 15.6 Å². The molecule has 0 unspecified atom stereocenters. The van der Waals surface area contributed by atoms with Gasteiger partial charge in [0.15, 0.2) is 5.13 Å². The van der Waals surface area contributed by atoms with Crippen LogP contribution in [0.3, 0.4) is 0 Å². The van der Waals surface area contributed by atoms with Gasteiger partial charge in [-0.2, -0.15) is 0 Å². The minimum absolute atomic E-state index is 0.259. The molecular weight excluding hydrogens is 240 g/mol. The van der Waals surface area contributed by atoms with Crippen LogP contribution >= 0.6 is 11.3 Å². The molecule has 1 aromatic heterocycles. The van der Waals surface area contributed by atoms with Gasteiger partial charge in [0, 0.05) is 6.54 Å². The minimum Gasteiger partial charge on any atom is -0.338 e. The molecule has 2 aromatic rings. The summed E-state index contributed by atoms with van der Waals surface area (Å²) in [5.41, 5.74) is 1.24. The second-order valence-electron chi connectivity index (χ2n) is 3.57. The minimum atomic E-state index is -0.302. The van der Waals surface area contributed by atoms with Crippen LogP contribution in [-0.4, -0.2) is 25.4 Å². The van der Waals surface area contributed by atoms with Crippen LogP contribution in [0.2, 0.25) is 0 Å². The van der Waals surface area contributed by atoms with Crippen molar-refractivity contribution >= 4 is 46.0 Å². The first kappa shape index (κ1) is 11.8. The van der Waals surface area contributed by atoms with Crippen molar-refractivity contribution in [3.8, 4) is 0 Å². The molecule has 0 fully saturated rings. The lowest BCUT2D eigenvalue weighted by molar-refractivity contribution is 0.252. The number of carbonyl (C=O) groups excluding carboxylic acids is 1. The van der Waals surface area contributed by atoms with E-state index < -0.39 is 0 Å². The van der Waals surface area contributed by atoms with Crippen LogP contribution in [0.25, 0.3) is 10.2 Å². The van der Waals surface area contributed by atoms with Crippen molar-refractivity contribution in [3.63, 3.8) is 0 Å². The third-order valence-electron chi connectivity index (χ3n) is 2.23. The quantitative estimate of drug-likeness (QED) is 0.777. The summed E-state index contributed by atoms with van der Waals surface area (Å²) in [4.78, 5) is 15.5. The van der Waals surface area contributed by atoms with Crippen LogP contribution in [0.4, 0.5) is 14.3 Å². The molecule has 0 aliphatic carbocycles. The van der Waals surface area contributed by atoms with Gasteiger partial charge in [0.2, 0.25) is 0 Å². The summed E-state index contributed by atoms with van der Waals surface area (Å²) < 4.78 is 14.0. The van der Waals surface area contributed by atoms with Crippen molar-refractivity contribution in [3.05, 3.63) is 17.9 Å². The summed E-state index contributed by atoms with van der Waals surface area (Å²) >= 11 is 1.25. The Kier molecular flexibility index (Phi) is 3.28. The lowest BCUT2D eigenvalue weighted by atomic mass is 9.95. The molecule has 2 rings (SSSR count). The molecule has 0 saturated heterocycles. The van der Waals surface area contributed by atoms with E-state index in [1.807, 2.05) is 6.92 Å². The number of fused-ring (bicyclic) bond motifs is 1. The van der Waals surface area contributed by atoms with Gasteiger partial charge in [-0.25, -0.2) is 14.2 Å². The van der Waals surface area contributed by atoms with E-state index in [-0.39, 0.29) is 11.8 Å². The maximum Gasteiger partial charge on any atom is 0.321 e. The molecular formula is C10H11BFN3OS. The number of benzene rings is 1. The van der Waals surface area contributed by atoms with Crippen molar-refractivity contribution in [2.75, 3.05) is 11.9 Å². The summed E-state index contributed by atoms with van der Waals surface area (Å²) in [5.74, 6) is -0.259. The summed E-state index contributed by atoms with van der Waals surface area (Å²) in [6.07, 6.45) is 0. The zero-order chi connectivity index (χ0) is 12.4. The fourth-order valence-corrected chi connectivity index (χ4v) is 2.28. The molecule has 0 aliphatic rings. The van der Waals surface area contributed by atoms with Crippen LogP contribution in [-0.2, 0) is 0 Å². The number of rotatable bonds is 2. The van der Waals surface area contributed by atoms with Gasteiger partial charge < -0.3 is 5.32 Å². The maximum absolute atomic E-state index is 13.3. The van der Waals surface area contributed by atoms with E-state index in [0.29, 0.717) is 22.7 Å². The second kappa shape index (κ2) is 4.71. The highest BCUT2D eigenvalue weighted by Gasteiger charge is 2.09. The number of hydrogen-bond acceptors (Lipinski definition) is 3. The highest BCUT2D eigenvalue weighted by Crippen LogP contribution is 2.25. The van der Waals surface area contributed by atoms with E-state index in [1.165, 1.54) is 17.4 Å². The van der Waals surface area contributed by atoms with Crippen molar-refractivity contribution in [2.24, 2.45) is 0 Å². The predicted molar refractivity (Wildman–Crippen MR) is 70.5 cm³/mol. The Balaban J connectivity index is 2.29. The SMILES string of the molecule is Bc1cc2nc(NC(=O)NCC)sc2cc1F. The van der Waals surface area contributed by atoms with E-state index in [1.54, 1.807) is 13.9 Å². The molecule has 0 radical (unpaired) electrons. The second-order valence-corrected chi connectivity index (χ2v) is 4.60. The Hall–Kier alpha value is -1.63. The third-order valence-corrected chi connectivity index (χ3v) is 3.16. The number of thiazole rings is 1. The maximum atomic E-state index is 13.3. The summed E-state index contributed by atoms with van der Waals surface area (Å²) in [6.45, 7) is 2.38. The van der Waals surface area contributed by atoms with Gasteiger partial charge in [-0.05, 0) is 19.1 Å². The molecule has 2 amide bonds. The number of nitrogens with zero attached hydrogens (tertiary/aromatic N) is 1. The molecule has 2 N–H and O–H groups in total. The first-order valence-electron chi connectivity index (χ1n) is 5.21. The van der Waals surface area contributed by atoms with Crippen molar-refractivity contribution in [1.29, 1.82) is 0 Å². The number of aromatic nitrogens is 1. The Morgan fingerprint density at radius 2 is 2.35 bits per heavy atom. The molecule has 0 bridgehead atoms. The van der Waals surface area contributed by atoms with Gasteiger partial charge in [0.05, 0.1) is 10.2 Å². The van der Waals surface area contributed by atoms with Crippen LogP contribution in [0.5, 0.6) is 0 Å². The molecule has 1 aromatic carbocycles. The first-order chi connectivity index (χ1) is 8.10. The molecule has 1 heterocycles. The molecule has 0 aliphatic heterocycles. The Labute approximate surface area is 103 Å². The van der Waals surface area contributed by atoms with Gasteiger partial charge in [-0.15, -0.1) is 0 Å². The largest absolute Gasteiger partial charge is 0.338 e. The average molecular weight is 251 g/mol. The molecule has 0 atom stereocenters. The van der Waals surface area contributed by atoms with E-state index in [9.17, 15) is 9.18 Å². The van der Waals surface area contributed by atoms with Gasteiger partial charge in [-0.1, -0.05) is 16.8 Å². The number of carbonyl (C=O) groups is 1. The normalized spacial score (nSPS) is 10.5. The molecule has 4 nitrogen and oxygen atoms in total. The van der Waals surface area contributed by atoms with Gasteiger partial charge in [-0.3, -0.25) is 5.32 Å². The summed E-state index contributed by atoms with van der Waals surface area (Å²) in [5, 5.41) is 5.68. The Morgan fingerprint density at radius 1 is 1.59 bits per heavy atom. The summed E-state index contributed by atoms with van der Waals surface area (Å²) in [7, 11) is 1.69. The van der Waals surface area contributed by atoms with Gasteiger partial charge in [0.25, 0.3) is 0 Å². The van der Waals surface area contributed by atoms with Crippen molar-refractivity contribution in [2.45, 2.75) is 6.92 Å². The first-order valence-corrected chi connectivity index (χ1v) is 6.03. The van der Waals surface area contributed by atoms with Crippen molar-refractivity contribution in [1.82, 2.24) is 10.3 Å². The zero-order valence-electron chi connectivity index (χ0n) is 9.50. The molecule has 17 heavy (non-hydrogen) atoms. The number of amides is 2. The molecule has 7 heteroatoms. The Bertz CT molecular complexity index is 533. The van der Waals surface area contributed by atoms with Crippen LogP contribution in [0.15, 0.2) is 12.1 Å². The number of hydrogen-bond donors (Lipinski definition) is 2. The van der Waals surface area contributed by atoms with Crippen molar-refractivity contribution < 1.29 is 9.18 Å². The topological polar surface area (TPSA) is 54.0 Å². The highest BCUT2D eigenvalue weighted by atomic mass is 32.1. The third kappa shape index (κ3) is 2.55. The van der Waals surface area contributed by atoms with Crippen LogP contribution < -0.4 is 16.1 Å². The number of anilines is 1. The lowest BCUT2D eigenvalue weighted by Crippen LogP contribution is -2.28.